The average Bonchev–Trinajstić information content (AvgIpc) is 2.61. The maximum absolute atomic E-state index is 14.1. The molecule has 0 radical (unpaired) electrons. The molecule has 10 heteroatoms. The van der Waals surface area contributed by atoms with Crippen LogP contribution in [0.1, 0.15) is 5.56 Å². The molecule has 6 nitrogen and oxygen atoms in total. The lowest BCUT2D eigenvalue weighted by Gasteiger charge is -2.47. The number of aliphatic hydroxyl groups is 1. The summed E-state index contributed by atoms with van der Waals surface area (Å²) < 4.78 is 46.2. The van der Waals surface area contributed by atoms with Crippen LogP contribution in [0.2, 0.25) is 10.0 Å². The van der Waals surface area contributed by atoms with E-state index in [1.807, 2.05) is 0 Å². The first kappa shape index (κ1) is 20.8. The maximum atomic E-state index is 14.1. The summed E-state index contributed by atoms with van der Waals surface area (Å²) in [6, 6.07) is 9.95. The molecule has 1 N–H and O–H groups in total. The van der Waals surface area contributed by atoms with E-state index in [-0.39, 0.29) is 47.5 Å². The summed E-state index contributed by atoms with van der Waals surface area (Å²) in [4.78, 5) is -0.0845. The van der Waals surface area contributed by atoms with E-state index in [4.69, 9.17) is 33.2 Å². The van der Waals surface area contributed by atoms with E-state index < -0.39 is 21.3 Å². The van der Waals surface area contributed by atoms with Crippen LogP contribution in [0, 0.1) is 22.6 Å². The molecule has 2 aromatic carbocycles. The topological polar surface area (TPSA) is 90.6 Å². The molecule has 0 saturated carbocycles. The molecule has 28 heavy (non-hydrogen) atoms. The van der Waals surface area contributed by atoms with Crippen molar-refractivity contribution in [2.45, 2.75) is 4.90 Å². The number of nitriles is 1. The number of benzene rings is 2. The second-order valence-corrected chi connectivity index (χ2v) is 9.27. The second-order valence-electron chi connectivity index (χ2n) is 6.52. The van der Waals surface area contributed by atoms with Gasteiger partial charge in [0, 0.05) is 18.1 Å². The van der Waals surface area contributed by atoms with Crippen molar-refractivity contribution in [2.75, 3.05) is 26.3 Å². The average molecular weight is 445 g/mol. The molecule has 0 aliphatic carbocycles. The number of hydrogen-bond acceptors (Lipinski definition) is 5. The van der Waals surface area contributed by atoms with Gasteiger partial charge in [-0.25, -0.2) is 12.8 Å². The van der Waals surface area contributed by atoms with Crippen molar-refractivity contribution in [1.29, 1.82) is 5.26 Å². The highest BCUT2D eigenvalue weighted by atomic mass is 35.5. The van der Waals surface area contributed by atoms with Crippen molar-refractivity contribution in [3.05, 3.63) is 57.8 Å². The smallest absolute Gasteiger partial charge is 0.244 e. The van der Waals surface area contributed by atoms with E-state index >= 15 is 0 Å². The van der Waals surface area contributed by atoms with Gasteiger partial charge in [-0.1, -0.05) is 29.3 Å². The van der Waals surface area contributed by atoms with Gasteiger partial charge in [0.1, 0.15) is 11.0 Å². The molecule has 1 aliphatic heterocycles. The summed E-state index contributed by atoms with van der Waals surface area (Å²) in [6.45, 7) is -0.517. The minimum atomic E-state index is -3.87. The molecule has 0 spiro atoms. The molecular weight excluding hydrogens is 430 g/mol. The number of rotatable bonds is 6. The van der Waals surface area contributed by atoms with Crippen molar-refractivity contribution in [2.24, 2.45) is 5.41 Å². The lowest BCUT2D eigenvalue weighted by Crippen LogP contribution is -2.62. The number of sulfonamides is 1. The minimum Gasteiger partial charge on any atom is -0.490 e. The summed E-state index contributed by atoms with van der Waals surface area (Å²) in [5, 5.41) is 18.9. The van der Waals surface area contributed by atoms with Crippen molar-refractivity contribution >= 4 is 33.2 Å². The first-order valence-electron chi connectivity index (χ1n) is 8.10. The van der Waals surface area contributed by atoms with Crippen LogP contribution in [-0.4, -0.2) is 44.1 Å². The van der Waals surface area contributed by atoms with Crippen LogP contribution in [0.5, 0.6) is 5.75 Å². The van der Waals surface area contributed by atoms with E-state index in [0.717, 1.165) is 4.31 Å². The van der Waals surface area contributed by atoms with Gasteiger partial charge in [-0.15, -0.1) is 0 Å². The normalized spacial score (nSPS) is 16.2. The molecule has 1 saturated heterocycles. The Hall–Kier alpha value is -1.89. The van der Waals surface area contributed by atoms with Crippen LogP contribution >= 0.6 is 23.2 Å². The largest absolute Gasteiger partial charge is 0.490 e. The quantitative estimate of drug-likeness (QED) is 0.738. The molecule has 0 bridgehead atoms. The Morgan fingerprint density at radius 2 is 2.00 bits per heavy atom. The Morgan fingerprint density at radius 3 is 2.61 bits per heavy atom. The zero-order chi connectivity index (χ0) is 20.5. The first-order valence-corrected chi connectivity index (χ1v) is 10.3. The molecule has 1 fully saturated rings. The van der Waals surface area contributed by atoms with Gasteiger partial charge in [-0.3, -0.25) is 0 Å². The molecule has 0 atom stereocenters. The van der Waals surface area contributed by atoms with Gasteiger partial charge >= 0.3 is 0 Å². The highest BCUT2D eigenvalue weighted by molar-refractivity contribution is 7.89. The van der Waals surface area contributed by atoms with Gasteiger partial charge in [-0.05, 0) is 30.3 Å². The van der Waals surface area contributed by atoms with Crippen molar-refractivity contribution in [3.8, 4) is 11.8 Å². The monoisotopic (exact) mass is 444 g/mol. The third-order valence-corrected chi connectivity index (χ3v) is 7.00. The predicted octanol–water partition coefficient (Wildman–Crippen LogP) is 3.07. The SMILES string of the molecule is N#Cc1cccc(OCC2(CO)CN(S(=O)(=O)c3ccc(Cl)cc3Cl)C2)c1F. The van der Waals surface area contributed by atoms with Gasteiger partial charge in [0.2, 0.25) is 10.0 Å². The molecule has 1 heterocycles. The van der Waals surface area contributed by atoms with Crippen molar-refractivity contribution < 1.29 is 22.7 Å². The molecular formula is C18H15Cl2FN2O4S. The highest BCUT2D eigenvalue weighted by Gasteiger charge is 2.49. The summed E-state index contributed by atoms with van der Waals surface area (Å²) in [5.74, 6) is -0.927. The van der Waals surface area contributed by atoms with E-state index in [0.29, 0.717) is 5.02 Å². The highest BCUT2D eigenvalue weighted by Crippen LogP contribution is 2.37. The third-order valence-electron chi connectivity index (χ3n) is 4.49. The van der Waals surface area contributed by atoms with Gasteiger partial charge in [0.05, 0.1) is 29.2 Å². The molecule has 1 aliphatic rings. The fourth-order valence-corrected chi connectivity index (χ4v) is 5.28. The second kappa shape index (κ2) is 7.85. The van der Waals surface area contributed by atoms with Gasteiger partial charge < -0.3 is 9.84 Å². The molecule has 0 aromatic heterocycles. The lowest BCUT2D eigenvalue weighted by molar-refractivity contribution is -0.0280. The van der Waals surface area contributed by atoms with E-state index in [2.05, 4.69) is 0 Å². The molecule has 0 amide bonds. The standard InChI is InChI=1S/C18H15Cl2FN2O4S/c19-13-4-5-16(14(20)6-13)28(25,26)23-8-18(9-23,10-24)11-27-15-3-1-2-12(7-22)17(15)21/h1-6,24H,8-11H2. The van der Waals surface area contributed by atoms with Gasteiger partial charge in [0.25, 0.3) is 0 Å². The Bertz CT molecular complexity index is 1050. The summed E-state index contributed by atoms with van der Waals surface area (Å²) in [7, 11) is -3.87. The summed E-state index contributed by atoms with van der Waals surface area (Å²) in [6.07, 6.45) is 0. The van der Waals surface area contributed by atoms with Gasteiger partial charge in [-0.2, -0.15) is 9.57 Å². The number of ether oxygens (including phenoxy) is 1. The zero-order valence-electron chi connectivity index (χ0n) is 14.4. The summed E-state index contributed by atoms with van der Waals surface area (Å²) >= 11 is 11.8. The molecule has 148 valence electrons. The fraction of sp³-hybridized carbons (Fsp3) is 0.278. The molecule has 2 aromatic rings. The van der Waals surface area contributed by atoms with Crippen LogP contribution < -0.4 is 4.74 Å². The Balaban J connectivity index is 1.73. The van der Waals surface area contributed by atoms with Crippen LogP contribution in [0.4, 0.5) is 4.39 Å². The Labute approximate surface area is 171 Å². The number of halogens is 3. The Kier molecular flexibility index (Phi) is 5.84. The Morgan fingerprint density at radius 1 is 1.29 bits per heavy atom. The minimum absolute atomic E-state index is 0.000591. The predicted molar refractivity (Wildman–Crippen MR) is 101 cm³/mol. The van der Waals surface area contributed by atoms with E-state index in [1.54, 1.807) is 6.07 Å². The number of aliphatic hydroxyl groups excluding tert-OH is 1. The van der Waals surface area contributed by atoms with E-state index in [9.17, 15) is 17.9 Å². The fourth-order valence-electron chi connectivity index (χ4n) is 2.87. The first-order chi connectivity index (χ1) is 13.2. The van der Waals surface area contributed by atoms with Crippen LogP contribution in [0.25, 0.3) is 0 Å². The zero-order valence-corrected chi connectivity index (χ0v) is 16.7. The van der Waals surface area contributed by atoms with Gasteiger partial charge in [0.15, 0.2) is 11.6 Å². The molecule has 0 unspecified atom stereocenters. The van der Waals surface area contributed by atoms with Crippen molar-refractivity contribution in [3.63, 3.8) is 0 Å². The van der Waals surface area contributed by atoms with Crippen molar-refractivity contribution in [1.82, 2.24) is 4.31 Å². The van der Waals surface area contributed by atoms with Crippen LogP contribution in [0.3, 0.4) is 0 Å². The lowest BCUT2D eigenvalue weighted by atomic mass is 9.83. The molecule has 3 rings (SSSR count). The maximum Gasteiger partial charge on any atom is 0.244 e. The van der Waals surface area contributed by atoms with Crippen LogP contribution in [0.15, 0.2) is 41.3 Å². The van der Waals surface area contributed by atoms with E-state index in [1.165, 1.54) is 36.4 Å². The number of hydrogen-bond donors (Lipinski definition) is 1. The third kappa shape index (κ3) is 3.81. The number of nitrogens with zero attached hydrogens (tertiary/aromatic N) is 2. The summed E-state index contributed by atoms with van der Waals surface area (Å²) in [5.41, 5.74) is -1.05. The van der Waals surface area contributed by atoms with Crippen LogP contribution in [-0.2, 0) is 10.0 Å².